The van der Waals surface area contributed by atoms with Gasteiger partial charge in [-0.15, -0.1) is 24.0 Å². The highest BCUT2D eigenvalue weighted by Crippen LogP contribution is 2.28. The summed E-state index contributed by atoms with van der Waals surface area (Å²) >= 11 is 1.86. The molecule has 1 fully saturated rings. The summed E-state index contributed by atoms with van der Waals surface area (Å²) in [5.41, 5.74) is 1.18. The van der Waals surface area contributed by atoms with Crippen LogP contribution in [0.2, 0.25) is 0 Å². The smallest absolute Gasteiger partial charge is 0.194 e. The van der Waals surface area contributed by atoms with Crippen LogP contribution in [0.15, 0.2) is 29.3 Å². The van der Waals surface area contributed by atoms with Gasteiger partial charge < -0.3 is 19.9 Å². The number of hydrogen-bond donors (Lipinski definition) is 1. The van der Waals surface area contributed by atoms with Gasteiger partial charge in [0.15, 0.2) is 5.96 Å². The van der Waals surface area contributed by atoms with Crippen LogP contribution >= 0.6 is 35.7 Å². The van der Waals surface area contributed by atoms with E-state index in [-0.39, 0.29) is 24.0 Å². The first-order chi connectivity index (χ1) is 11.7. The molecule has 1 aliphatic heterocycles. The minimum absolute atomic E-state index is 0. The summed E-state index contributed by atoms with van der Waals surface area (Å²) in [7, 11) is 1.73. The Bertz CT molecular complexity index is 536. The standard InChI is InChI=1S/C18H30N4OS.HI/c1-5-19-18(20-14-15(2)24-4)22-12-10-21(11-13-22)16-8-6-7-9-17(16)23-3;/h6-9,15H,5,10-14H2,1-4H3,(H,19,20);1H. The third-order valence-electron chi connectivity index (χ3n) is 4.24. The second kappa shape index (κ2) is 11.7. The van der Waals surface area contributed by atoms with E-state index in [1.54, 1.807) is 7.11 Å². The second-order valence-corrected chi connectivity index (χ2v) is 7.16. The average Bonchev–Trinajstić information content (AvgIpc) is 2.65. The number of halogens is 1. The molecule has 1 N–H and O–H groups in total. The van der Waals surface area contributed by atoms with Gasteiger partial charge in [0.2, 0.25) is 0 Å². The molecule has 0 aromatic heterocycles. The molecule has 2 rings (SSSR count). The van der Waals surface area contributed by atoms with E-state index >= 15 is 0 Å². The van der Waals surface area contributed by atoms with Gasteiger partial charge in [0, 0.05) is 38.0 Å². The summed E-state index contributed by atoms with van der Waals surface area (Å²) in [5.74, 6) is 1.98. The van der Waals surface area contributed by atoms with Crippen LogP contribution in [0.4, 0.5) is 5.69 Å². The van der Waals surface area contributed by atoms with Crippen LogP contribution in [0, 0.1) is 0 Å². The number of guanidine groups is 1. The largest absolute Gasteiger partial charge is 0.495 e. The molecule has 5 nitrogen and oxygen atoms in total. The molecule has 1 atom stereocenters. The molecule has 0 saturated carbocycles. The van der Waals surface area contributed by atoms with Gasteiger partial charge in [-0.1, -0.05) is 19.1 Å². The molecule has 7 heteroatoms. The number of benzene rings is 1. The lowest BCUT2D eigenvalue weighted by atomic mass is 10.2. The lowest BCUT2D eigenvalue weighted by Gasteiger charge is -2.38. The van der Waals surface area contributed by atoms with Crippen LogP contribution in [0.25, 0.3) is 0 Å². The van der Waals surface area contributed by atoms with E-state index in [0.29, 0.717) is 5.25 Å². The van der Waals surface area contributed by atoms with E-state index in [0.717, 1.165) is 51.0 Å². The molecule has 25 heavy (non-hydrogen) atoms. The first kappa shape index (κ1) is 22.2. The molecule has 1 aliphatic rings. The van der Waals surface area contributed by atoms with Gasteiger partial charge in [-0.25, -0.2) is 0 Å². The number of rotatable bonds is 6. The number of hydrogen-bond acceptors (Lipinski definition) is 4. The predicted molar refractivity (Wildman–Crippen MR) is 121 cm³/mol. The Morgan fingerprint density at radius 1 is 1.28 bits per heavy atom. The molecular formula is C18H31IN4OS. The quantitative estimate of drug-likeness (QED) is 0.387. The molecular weight excluding hydrogens is 447 g/mol. The summed E-state index contributed by atoms with van der Waals surface area (Å²) in [6.45, 7) is 9.99. The van der Waals surface area contributed by atoms with Gasteiger partial charge in [0.05, 0.1) is 19.3 Å². The highest BCUT2D eigenvalue weighted by molar-refractivity contribution is 14.0. The second-order valence-electron chi connectivity index (χ2n) is 5.89. The zero-order chi connectivity index (χ0) is 17.4. The van der Waals surface area contributed by atoms with E-state index < -0.39 is 0 Å². The topological polar surface area (TPSA) is 40.1 Å². The zero-order valence-electron chi connectivity index (χ0n) is 15.7. The van der Waals surface area contributed by atoms with E-state index in [1.165, 1.54) is 5.69 Å². The van der Waals surface area contributed by atoms with Crippen LogP contribution < -0.4 is 15.0 Å². The number of thioether (sulfide) groups is 1. The summed E-state index contributed by atoms with van der Waals surface area (Å²) in [6.07, 6.45) is 2.14. The number of nitrogens with one attached hydrogen (secondary N) is 1. The van der Waals surface area contributed by atoms with E-state index in [4.69, 9.17) is 9.73 Å². The van der Waals surface area contributed by atoms with Crippen molar-refractivity contribution in [3.05, 3.63) is 24.3 Å². The maximum atomic E-state index is 5.50. The molecule has 0 aliphatic carbocycles. The average molecular weight is 478 g/mol. The molecule has 1 aromatic carbocycles. The van der Waals surface area contributed by atoms with Gasteiger partial charge in [0.25, 0.3) is 0 Å². The minimum atomic E-state index is 0. The van der Waals surface area contributed by atoms with Gasteiger partial charge in [-0.2, -0.15) is 11.8 Å². The predicted octanol–water partition coefficient (Wildman–Crippen LogP) is 3.15. The van der Waals surface area contributed by atoms with Crippen molar-refractivity contribution < 1.29 is 4.74 Å². The summed E-state index contributed by atoms with van der Waals surface area (Å²) in [6, 6.07) is 8.24. The highest BCUT2D eigenvalue weighted by Gasteiger charge is 2.21. The number of para-hydroxylation sites is 2. The fourth-order valence-electron chi connectivity index (χ4n) is 2.77. The number of nitrogens with zero attached hydrogens (tertiary/aromatic N) is 3. The number of methoxy groups -OCH3 is 1. The Kier molecular flexibility index (Phi) is 10.4. The Morgan fingerprint density at radius 3 is 2.56 bits per heavy atom. The summed E-state index contributed by atoms with van der Waals surface area (Å²) < 4.78 is 5.50. The van der Waals surface area contributed by atoms with Crippen molar-refractivity contribution in [3.8, 4) is 5.75 Å². The first-order valence-electron chi connectivity index (χ1n) is 8.63. The minimum Gasteiger partial charge on any atom is -0.495 e. The number of anilines is 1. The van der Waals surface area contributed by atoms with Crippen LogP contribution in [0.3, 0.4) is 0 Å². The van der Waals surface area contributed by atoms with Crippen molar-refractivity contribution in [1.82, 2.24) is 10.2 Å². The lowest BCUT2D eigenvalue weighted by Crippen LogP contribution is -2.52. The van der Waals surface area contributed by atoms with Gasteiger partial charge in [0.1, 0.15) is 5.75 Å². The maximum Gasteiger partial charge on any atom is 0.194 e. The fraction of sp³-hybridized carbons (Fsp3) is 0.611. The number of ether oxygens (including phenoxy) is 1. The van der Waals surface area contributed by atoms with Gasteiger partial charge in [-0.3, -0.25) is 4.99 Å². The third kappa shape index (κ3) is 6.44. The molecule has 1 aromatic rings. The molecule has 0 bridgehead atoms. The van der Waals surface area contributed by atoms with Crippen molar-refractivity contribution in [2.24, 2.45) is 4.99 Å². The van der Waals surface area contributed by atoms with Crippen molar-refractivity contribution in [2.75, 3.05) is 57.5 Å². The number of piperazine rings is 1. The Labute approximate surface area is 173 Å². The molecule has 1 unspecified atom stereocenters. The summed E-state index contributed by atoms with van der Waals surface area (Å²) in [4.78, 5) is 9.56. The zero-order valence-corrected chi connectivity index (χ0v) is 18.8. The Morgan fingerprint density at radius 2 is 1.96 bits per heavy atom. The summed E-state index contributed by atoms with van der Waals surface area (Å²) in [5, 5.41) is 3.98. The molecule has 142 valence electrons. The van der Waals surface area contributed by atoms with E-state index in [1.807, 2.05) is 23.9 Å². The van der Waals surface area contributed by atoms with Crippen LogP contribution in [0.5, 0.6) is 5.75 Å². The van der Waals surface area contributed by atoms with Crippen LogP contribution in [-0.4, -0.2) is 68.7 Å². The Balaban J connectivity index is 0.00000312. The van der Waals surface area contributed by atoms with Gasteiger partial charge >= 0.3 is 0 Å². The monoisotopic (exact) mass is 478 g/mol. The molecule has 0 spiro atoms. The van der Waals surface area contributed by atoms with E-state index in [9.17, 15) is 0 Å². The fourth-order valence-corrected chi connectivity index (χ4v) is 2.99. The van der Waals surface area contributed by atoms with Crippen molar-refractivity contribution >= 4 is 47.4 Å². The molecule has 0 amide bonds. The van der Waals surface area contributed by atoms with Crippen molar-refractivity contribution in [2.45, 2.75) is 19.1 Å². The van der Waals surface area contributed by atoms with Crippen LogP contribution in [-0.2, 0) is 0 Å². The Hall–Kier alpha value is -0.830. The van der Waals surface area contributed by atoms with E-state index in [2.05, 4.69) is 47.4 Å². The van der Waals surface area contributed by atoms with Gasteiger partial charge in [-0.05, 0) is 25.3 Å². The highest BCUT2D eigenvalue weighted by atomic mass is 127. The van der Waals surface area contributed by atoms with Crippen LogP contribution in [0.1, 0.15) is 13.8 Å². The van der Waals surface area contributed by atoms with Crippen molar-refractivity contribution in [1.29, 1.82) is 0 Å². The molecule has 1 saturated heterocycles. The molecule has 1 heterocycles. The molecule has 0 radical (unpaired) electrons. The SMILES string of the molecule is CCNC(=NCC(C)SC)N1CCN(c2ccccc2OC)CC1.I. The third-order valence-corrected chi connectivity index (χ3v) is 5.19. The van der Waals surface area contributed by atoms with Crippen molar-refractivity contribution in [3.63, 3.8) is 0 Å². The lowest BCUT2D eigenvalue weighted by molar-refractivity contribution is 0.367. The first-order valence-corrected chi connectivity index (χ1v) is 9.92. The number of aliphatic imine (C=N–C) groups is 1. The normalized spacial score (nSPS) is 16.2. The maximum absolute atomic E-state index is 5.50.